The first-order chi connectivity index (χ1) is 6.08. The summed E-state index contributed by atoms with van der Waals surface area (Å²) in [5.74, 6) is 0. The zero-order valence-electron chi connectivity index (χ0n) is 8.87. The maximum atomic E-state index is 9.90. The van der Waals surface area contributed by atoms with Crippen molar-refractivity contribution < 1.29 is 19.3 Å². The van der Waals surface area contributed by atoms with Crippen LogP contribution in [0.25, 0.3) is 0 Å². The van der Waals surface area contributed by atoms with Gasteiger partial charge in [0, 0.05) is 27.9 Å². The monoisotopic (exact) mass is 192 g/mol. The molecule has 4 nitrogen and oxygen atoms in total. The molecule has 0 aliphatic rings. The Morgan fingerprint density at radius 2 is 1.77 bits per heavy atom. The first-order valence-electron chi connectivity index (χ1n) is 4.35. The molecule has 0 saturated carbocycles. The van der Waals surface area contributed by atoms with Crippen molar-refractivity contribution in [1.29, 1.82) is 0 Å². The van der Waals surface area contributed by atoms with Gasteiger partial charge >= 0.3 is 0 Å². The van der Waals surface area contributed by atoms with Crippen LogP contribution in [0.3, 0.4) is 0 Å². The molecule has 0 aromatic heterocycles. The van der Waals surface area contributed by atoms with Crippen LogP contribution < -0.4 is 0 Å². The third-order valence-electron chi connectivity index (χ3n) is 1.97. The lowest BCUT2D eigenvalue weighted by molar-refractivity contribution is -0.211. The van der Waals surface area contributed by atoms with Crippen LogP contribution in [-0.4, -0.2) is 44.9 Å². The largest absolute Gasteiger partial charge is 0.385 e. The highest BCUT2D eigenvalue weighted by atomic mass is 16.7. The van der Waals surface area contributed by atoms with Gasteiger partial charge in [0.15, 0.2) is 6.29 Å². The van der Waals surface area contributed by atoms with E-state index in [0.717, 1.165) is 6.42 Å². The summed E-state index contributed by atoms with van der Waals surface area (Å²) in [7, 11) is 4.66. The molecule has 0 spiro atoms. The summed E-state index contributed by atoms with van der Waals surface area (Å²) in [6.07, 6.45) is 0.796. The second-order valence-electron chi connectivity index (χ2n) is 3.26. The number of methoxy groups -OCH3 is 3. The van der Waals surface area contributed by atoms with Crippen molar-refractivity contribution in [3.05, 3.63) is 0 Å². The third-order valence-corrected chi connectivity index (χ3v) is 1.97. The molecule has 0 rings (SSSR count). The van der Waals surface area contributed by atoms with Crippen LogP contribution >= 0.6 is 0 Å². The molecule has 1 unspecified atom stereocenters. The van der Waals surface area contributed by atoms with Crippen LogP contribution in [0.2, 0.25) is 0 Å². The molecular weight excluding hydrogens is 172 g/mol. The van der Waals surface area contributed by atoms with E-state index in [0.29, 0.717) is 13.0 Å². The lowest BCUT2D eigenvalue weighted by atomic mass is 10.00. The fourth-order valence-electron chi connectivity index (χ4n) is 1.30. The minimum atomic E-state index is -0.956. The smallest absolute Gasteiger partial charge is 0.185 e. The van der Waals surface area contributed by atoms with Crippen LogP contribution in [0.4, 0.5) is 0 Å². The first kappa shape index (κ1) is 12.8. The van der Waals surface area contributed by atoms with Gasteiger partial charge in [-0.05, 0) is 19.8 Å². The zero-order valence-corrected chi connectivity index (χ0v) is 8.87. The molecule has 0 amide bonds. The number of hydrogen-bond donors (Lipinski definition) is 1. The number of hydrogen-bond acceptors (Lipinski definition) is 4. The Morgan fingerprint density at radius 1 is 1.23 bits per heavy atom. The van der Waals surface area contributed by atoms with Crippen molar-refractivity contribution in [1.82, 2.24) is 0 Å². The summed E-state index contributed by atoms with van der Waals surface area (Å²) in [6, 6.07) is 0. The Bertz CT molecular complexity index is 121. The van der Waals surface area contributed by atoms with E-state index < -0.39 is 11.9 Å². The molecule has 0 heterocycles. The van der Waals surface area contributed by atoms with Crippen molar-refractivity contribution in [3.8, 4) is 0 Å². The predicted octanol–water partition coefficient (Wildman–Crippen LogP) is 0.783. The second-order valence-corrected chi connectivity index (χ2v) is 3.26. The molecule has 80 valence electrons. The summed E-state index contributed by atoms with van der Waals surface area (Å²) in [5.41, 5.74) is -0.956. The Morgan fingerprint density at radius 3 is 2.15 bits per heavy atom. The quantitative estimate of drug-likeness (QED) is 0.478. The van der Waals surface area contributed by atoms with Gasteiger partial charge in [-0.25, -0.2) is 0 Å². The van der Waals surface area contributed by atoms with Gasteiger partial charge in [-0.2, -0.15) is 0 Å². The van der Waals surface area contributed by atoms with Crippen LogP contribution in [0.1, 0.15) is 19.8 Å². The summed E-state index contributed by atoms with van der Waals surface area (Å²) in [6.45, 7) is 2.33. The lowest BCUT2D eigenvalue weighted by Gasteiger charge is -2.30. The number of aliphatic hydroxyl groups is 1. The van der Waals surface area contributed by atoms with Crippen molar-refractivity contribution in [2.24, 2.45) is 0 Å². The van der Waals surface area contributed by atoms with E-state index in [1.807, 2.05) is 0 Å². The molecule has 1 N–H and O–H groups in total. The van der Waals surface area contributed by atoms with Crippen LogP contribution in [-0.2, 0) is 14.2 Å². The molecule has 0 aromatic rings. The number of rotatable bonds is 7. The van der Waals surface area contributed by atoms with Gasteiger partial charge in [-0.1, -0.05) is 0 Å². The molecule has 0 saturated heterocycles. The first-order valence-corrected chi connectivity index (χ1v) is 4.35. The van der Waals surface area contributed by atoms with Gasteiger partial charge < -0.3 is 19.3 Å². The van der Waals surface area contributed by atoms with Gasteiger partial charge in [0.1, 0.15) is 5.60 Å². The Kier molecular flexibility index (Phi) is 6.24. The lowest BCUT2D eigenvalue weighted by Crippen LogP contribution is -2.42. The molecule has 0 fully saturated rings. The molecule has 0 aliphatic heterocycles. The average molecular weight is 192 g/mol. The Hall–Kier alpha value is -0.160. The standard InChI is InChI=1S/C9H20O4/c1-9(10,6-5-7-11-2)8(12-3)13-4/h8,10H,5-7H2,1-4H3. The highest BCUT2D eigenvalue weighted by Gasteiger charge is 2.31. The maximum absolute atomic E-state index is 9.90. The van der Waals surface area contributed by atoms with Crippen LogP contribution in [0, 0.1) is 0 Å². The second kappa shape index (κ2) is 6.32. The summed E-state index contributed by atoms with van der Waals surface area (Å²) in [4.78, 5) is 0. The van der Waals surface area contributed by atoms with Crippen LogP contribution in [0.15, 0.2) is 0 Å². The zero-order chi connectivity index (χ0) is 10.3. The fourth-order valence-corrected chi connectivity index (χ4v) is 1.30. The van der Waals surface area contributed by atoms with E-state index in [1.54, 1.807) is 14.0 Å². The summed E-state index contributed by atoms with van der Waals surface area (Å²) < 4.78 is 14.9. The molecule has 0 aromatic carbocycles. The SMILES string of the molecule is COCCCC(C)(O)C(OC)OC. The normalized spacial score (nSPS) is 16.2. The maximum Gasteiger partial charge on any atom is 0.185 e. The molecule has 0 bridgehead atoms. The van der Waals surface area contributed by atoms with Crippen LogP contribution in [0.5, 0.6) is 0 Å². The summed E-state index contributed by atoms with van der Waals surface area (Å²) in [5, 5.41) is 9.90. The van der Waals surface area contributed by atoms with Crippen molar-refractivity contribution in [2.75, 3.05) is 27.9 Å². The Labute approximate surface area is 79.8 Å². The van der Waals surface area contributed by atoms with Gasteiger partial charge in [0.2, 0.25) is 0 Å². The molecule has 13 heavy (non-hydrogen) atoms. The van der Waals surface area contributed by atoms with E-state index in [1.165, 1.54) is 14.2 Å². The molecule has 0 aliphatic carbocycles. The fraction of sp³-hybridized carbons (Fsp3) is 1.00. The van der Waals surface area contributed by atoms with Crippen molar-refractivity contribution in [2.45, 2.75) is 31.7 Å². The minimum Gasteiger partial charge on any atom is -0.385 e. The highest BCUT2D eigenvalue weighted by molar-refractivity contribution is 4.76. The number of ether oxygens (including phenoxy) is 3. The minimum absolute atomic E-state index is 0.579. The van der Waals surface area contributed by atoms with Gasteiger partial charge in [0.05, 0.1) is 0 Å². The highest BCUT2D eigenvalue weighted by Crippen LogP contribution is 2.19. The third kappa shape index (κ3) is 4.57. The van der Waals surface area contributed by atoms with E-state index >= 15 is 0 Å². The Balaban J connectivity index is 3.88. The van der Waals surface area contributed by atoms with Gasteiger partial charge in [-0.3, -0.25) is 0 Å². The topological polar surface area (TPSA) is 47.9 Å². The predicted molar refractivity (Wildman–Crippen MR) is 49.5 cm³/mol. The molecule has 0 radical (unpaired) electrons. The van der Waals surface area contributed by atoms with E-state index in [4.69, 9.17) is 14.2 Å². The van der Waals surface area contributed by atoms with Gasteiger partial charge in [-0.15, -0.1) is 0 Å². The van der Waals surface area contributed by atoms with E-state index in [9.17, 15) is 5.11 Å². The van der Waals surface area contributed by atoms with Crippen molar-refractivity contribution >= 4 is 0 Å². The molecule has 4 heteroatoms. The summed E-state index contributed by atoms with van der Waals surface area (Å²) >= 11 is 0. The average Bonchev–Trinajstić information content (AvgIpc) is 2.06. The van der Waals surface area contributed by atoms with Gasteiger partial charge in [0.25, 0.3) is 0 Å². The van der Waals surface area contributed by atoms with Crippen molar-refractivity contribution in [3.63, 3.8) is 0 Å². The molecule has 1 atom stereocenters. The molecular formula is C9H20O4. The van der Waals surface area contributed by atoms with E-state index in [2.05, 4.69) is 0 Å². The van der Waals surface area contributed by atoms with E-state index in [-0.39, 0.29) is 0 Å².